The summed E-state index contributed by atoms with van der Waals surface area (Å²) in [5, 5.41) is 0. The minimum absolute atomic E-state index is 0.346. The van der Waals surface area contributed by atoms with Crippen molar-refractivity contribution in [3.8, 4) is 11.5 Å². The summed E-state index contributed by atoms with van der Waals surface area (Å²) in [6.45, 7) is 9.04. The van der Waals surface area contributed by atoms with Crippen LogP contribution >= 0.6 is 0 Å². The smallest absolute Gasteiger partial charge is 0.343 e. The van der Waals surface area contributed by atoms with E-state index in [1.54, 1.807) is 12.1 Å². The van der Waals surface area contributed by atoms with Crippen LogP contribution in [0.2, 0.25) is 0 Å². The quantitative estimate of drug-likeness (QED) is 0.231. The lowest BCUT2D eigenvalue weighted by atomic mass is 9.81. The van der Waals surface area contributed by atoms with Crippen molar-refractivity contribution >= 4 is 5.97 Å². The summed E-state index contributed by atoms with van der Waals surface area (Å²) in [6.07, 6.45) is 10.4. The predicted octanol–water partition coefficient (Wildman–Crippen LogP) is 7.26. The fraction of sp³-hybridized carbons (Fsp3) is 0.464. The van der Waals surface area contributed by atoms with E-state index in [9.17, 15) is 4.79 Å². The van der Waals surface area contributed by atoms with E-state index in [0.717, 1.165) is 37.5 Å². The summed E-state index contributed by atoms with van der Waals surface area (Å²) < 4.78 is 11.5. The first kappa shape index (κ1) is 23.1. The van der Waals surface area contributed by atoms with Crippen LogP contribution in [-0.4, -0.2) is 12.6 Å². The van der Waals surface area contributed by atoms with Crippen molar-refractivity contribution < 1.29 is 14.3 Å². The number of allylic oxidation sites excluding steroid dienone is 1. The third-order valence-corrected chi connectivity index (χ3v) is 6.46. The van der Waals surface area contributed by atoms with Crippen molar-refractivity contribution in [2.75, 3.05) is 6.61 Å². The molecule has 31 heavy (non-hydrogen) atoms. The lowest BCUT2D eigenvalue weighted by Crippen LogP contribution is -2.19. The Morgan fingerprint density at radius 1 is 1.00 bits per heavy atom. The van der Waals surface area contributed by atoms with Crippen LogP contribution < -0.4 is 9.47 Å². The molecule has 3 heteroatoms. The highest BCUT2D eigenvalue weighted by molar-refractivity contribution is 5.91. The molecule has 0 N–H and O–H groups in total. The van der Waals surface area contributed by atoms with E-state index < -0.39 is 0 Å². The molecule has 1 aliphatic rings. The number of esters is 1. The van der Waals surface area contributed by atoms with Crippen LogP contribution in [0.1, 0.15) is 68.3 Å². The Hall–Kier alpha value is -2.55. The molecule has 0 heterocycles. The Labute approximate surface area is 187 Å². The molecule has 0 unspecified atom stereocenters. The second-order valence-corrected chi connectivity index (χ2v) is 9.00. The minimum atomic E-state index is -0.346. The van der Waals surface area contributed by atoms with Gasteiger partial charge < -0.3 is 9.47 Å². The highest BCUT2D eigenvalue weighted by Gasteiger charge is 2.20. The molecule has 2 aromatic rings. The van der Waals surface area contributed by atoms with E-state index in [1.165, 1.54) is 31.2 Å². The number of carbonyl (C=O) groups is 1. The number of carbonyl (C=O) groups excluding carboxylic acids is 1. The van der Waals surface area contributed by atoms with Crippen molar-refractivity contribution in [1.29, 1.82) is 0 Å². The topological polar surface area (TPSA) is 35.5 Å². The number of benzene rings is 2. The minimum Gasteiger partial charge on any atom is -0.493 e. The van der Waals surface area contributed by atoms with Gasteiger partial charge in [0.15, 0.2) is 0 Å². The molecule has 1 aliphatic carbocycles. The number of ether oxygens (including phenoxy) is 2. The van der Waals surface area contributed by atoms with Gasteiger partial charge in [-0.1, -0.05) is 38.5 Å². The zero-order chi connectivity index (χ0) is 22.1. The Morgan fingerprint density at radius 2 is 1.61 bits per heavy atom. The van der Waals surface area contributed by atoms with Gasteiger partial charge in [-0.15, -0.1) is 6.58 Å². The third-order valence-electron chi connectivity index (χ3n) is 6.46. The third kappa shape index (κ3) is 7.27. The molecular formula is C28H36O3. The van der Waals surface area contributed by atoms with Crippen LogP contribution in [-0.2, 0) is 6.42 Å². The first-order chi connectivity index (χ1) is 15.1. The Bertz CT molecular complexity index is 814. The summed E-state index contributed by atoms with van der Waals surface area (Å²) in [5.41, 5.74) is 1.80. The number of hydrogen-bond donors (Lipinski definition) is 0. The highest BCUT2D eigenvalue weighted by Crippen LogP contribution is 2.31. The summed E-state index contributed by atoms with van der Waals surface area (Å²) >= 11 is 0. The molecule has 3 rings (SSSR count). The van der Waals surface area contributed by atoms with Crippen molar-refractivity contribution in [3.05, 3.63) is 72.3 Å². The molecule has 0 amide bonds. The van der Waals surface area contributed by atoms with Gasteiger partial charge in [0, 0.05) is 0 Å². The monoisotopic (exact) mass is 420 g/mol. The van der Waals surface area contributed by atoms with Gasteiger partial charge in [0.1, 0.15) is 11.5 Å². The molecule has 2 aromatic carbocycles. The fourth-order valence-corrected chi connectivity index (χ4v) is 4.18. The van der Waals surface area contributed by atoms with Crippen molar-refractivity contribution in [3.63, 3.8) is 0 Å². The molecule has 0 saturated heterocycles. The maximum atomic E-state index is 12.5. The van der Waals surface area contributed by atoms with E-state index in [0.29, 0.717) is 23.1 Å². The van der Waals surface area contributed by atoms with Gasteiger partial charge in [-0.2, -0.15) is 0 Å². The summed E-state index contributed by atoms with van der Waals surface area (Å²) in [4.78, 5) is 12.5. The molecule has 3 nitrogen and oxygen atoms in total. The van der Waals surface area contributed by atoms with Crippen LogP contribution in [0.5, 0.6) is 11.5 Å². The molecule has 0 aromatic heterocycles. The average molecular weight is 421 g/mol. The second-order valence-electron chi connectivity index (χ2n) is 9.00. The zero-order valence-electron chi connectivity index (χ0n) is 19.0. The maximum absolute atomic E-state index is 12.5. The van der Waals surface area contributed by atoms with Gasteiger partial charge in [-0.05, 0) is 98.2 Å². The van der Waals surface area contributed by atoms with Gasteiger partial charge in [-0.3, -0.25) is 0 Å². The Morgan fingerprint density at radius 3 is 2.23 bits per heavy atom. The molecule has 0 bridgehead atoms. The van der Waals surface area contributed by atoms with Gasteiger partial charge >= 0.3 is 5.97 Å². The normalized spacial score (nSPS) is 19.4. The Balaban J connectivity index is 1.45. The van der Waals surface area contributed by atoms with Crippen LogP contribution in [0, 0.1) is 17.8 Å². The number of hydrogen-bond acceptors (Lipinski definition) is 3. The van der Waals surface area contributed by atoms with Crippen LogP contribution in [0.25, 0.3) is 0 Å². The Kier molecular flexibility index (Phi) is 8.75. The van der Waals surface area contributed by atoms with E-state index in [1.807, 2.05) is 42.5 Å². The largest absolute Gasteiger partial charge is 0.493 e. The van der Waals surface area contributed by atoms with E-state index in [4.69, 9.17) is 9.47 Å². The molecule has 0 radical (unpaired) electrons. The lowest BCUT2D eigenvalue weighted by Gasteiger charge is -2.27. The molecule has 0 aliphatic heterocycles. The van der Waals surface area contributed by atoms with E-state index >= 15 is 0 Å². The molecule has 1 atom stereocenters. The van der Waals surface area contributed by atoms with Gasteiger partial charge in [0.05, 0.1) is 12.2 Å². The van der Waals surface area contributed by atoms with Crippen molar-refractivity contribution in [2.45, 2.75) is 58.8 Å². The van der Waals surface area contributed by atoms with E-state index in [-0.39, 0.29) is 5.97 Å². The van der Waals surface area contributed by atoms with Gasteiger partial charge in [0.25, 0.3) is 0 Å². The molecule has 166 valence electrons. The number of rotatable bonds is 10. The zero-order valence-corrected chi connectivity index (χ0v) is 19.0. The van der Waals surface area contributed by atoms with Crippen LogP contribution in [0.4, 0.5) is 0 Å². The van der Waals surface area contributed by atoms with Crippen LogP contribution in [0.3, 0.4) is 0 Å². The fourth-order valence-electron chi connectivity index (χ4n) is 4.18. The van der Waals surface area contributed by atoms with Gasteiger partial charge in [0.2, 0.25) is 0 Å². The first-order valence-electron chi connectivity index (χ1n) is 11.7. The SMILES string of the molecule is C=CC[C@H]1CC[C@H](COc2ccc(C(=O)Oc3ccc(C[C@@H](C)CC)cc3)cc2)CC1. The standard InChI is InChI=1S/C28H36O3/c1-4-6-22-7-9-24(10-8-22)20-30-26-17-13-25(14-18-26)28(29)31-27-15-11-23(12-16-27)19-21(3)5-2/h4,11-18,21-22,24H,1,5-10,19-20H2,2-3H3/t21-,22-,24-/m0/s1. The average Bonchev–Trinajstić information content (AvgIpc) is 2.80. The predicted molar refractivity (Wildman–Crippen MR) is 127 cm³/mol. The van der Waals surface area contributed by atoms with E-state index in [2.05, 4.69) is 20.4 Å². The molecule has 0 spiro atoms. The molecule has 1 fully saturated rings. The highest BCUT2D eigenvalue weighted by atomic mass is 16.5. The van der Waals surface area contributed by atoms with Crippen molar-refractivity contribution in [2.24, 2.45) is 17.8 Å². The summed E-state index contributed by atoms with van der Waals surface area (Å²) in [5.74, 6) is 3.11. The lowest BCUT2D eigenvalue weighted by molar-refractivity contribution is 0.0734. The van der Waals surface area contributed by atoms with Crippen LogP contribution in [0.15, 0.2) is 61.2 Å². The van der Waals surface area contributed by atoms with Gasteiger partial charge in [-0.25, -0.2) is 4.79 Å². The summed E-state index contributed by atoms with van der Waals surface area (Å²) in [6, 6.07) is 15.1. The molecule has 1 saturated carbocycles. The first-order valence-corrected chi connectivity index (χ1v) is 11.7. The second kappa shape index (κ2) is 11.7. The molecular weight excluding hydrogens is 384 g/mol. The van der Waals surface area contributed by atoms with Crippen molar-refractivity contribution in [1.82, 2.24) is 0 Å². The summed E-state index contributed by atoms with van der Waals surface area (Å²) in [7, 11) is 0. The maximum Gasteiger partial charge on any atom is 0.343 e.